The summed E-state index contributed by atoms with van der Waals surface area (Å²) in [5, 5.41) is 2.82. The fourth-order valence-corrected chi connectivity index (χ4v) is 2.80. The Labute approximate surface area is 140 Å². The molecule has 1 aliphatic rings. The van der Waals surface area contributed by atoms with Crippen molar-refractivity contribution in [2.75, 3.05) is 5.32 Å². The predicted octanol–water partition coefficient (Wildman–Crippen LogP) is 3.61. The predicted molar refractivity (Wildman–Crippen MR) is 89.3 cm³/mol. The van der Waals surface area contributed by atoms with Crippen molar-refractivity contribution in [3.8, 4) is 11.6 Å². The molecule has 0 spiro atoms. The van der Waals surface area contributed by atoms with Gasteiger partial charge in [-0.1, -0.05) is 19.3 Å². The molecule has 3 rings (SSSR count). The van der Waals surface area contributed by atoms with Gasteiger partial charge in [0, 0.05) is 6.07 Å². The van der Waals surface area contributed by atoms with Crippen LogP contribution in [0, 0.1) is 5.82 Å². The third-order valence-corrected chi connectivity index (χ3v) is 4.23. The number of hydrogen-bond acceptors (Lipinski definition) is 4. The lowest BCUT2D eigenvalue weighted by molar-refractivity contribution is -0.122. The van der Waals surface area contributed by atoms with Crippen molar-refractivity contribution < 1.29 is 13.9 Å². The van der Waals surface area contributed by atoms with E-state index in [1.807, 2.05) is 0 Å². The SMILES string of the molecule is NC1(C(=O)Nc2ccc(Oc3ccc(F)cc3)nc2)CCCCC1. The van der Waals surface area contributed by atoms with E-state index in [9.17, 15) is 9.18 Å². The molecule has 1 saturated carbocycles. The lowest BCUT2D eigenvalue weighted by Gasteiger charge is -2.31. The van der Waals surface area contributed by atoms with Crippen LogP contribution in [0.1, 0.15) is 32.1 Å². The Morgan fingerprint density at radius 1 is 1.12 bits per heavy atom. The molecule has 0 aliphatic heterocycles. The van der Waals surface area contributed by atoms with Crippen LogP contribution in [0.15, 0.2) is 42.6 Å². The van der Waals surface area contributed by atoms with Crippen LogP contribution < -0.4 is 15.8 Å². The fourth-order valence-electron chi connectivity index (χ4n) is 2.80. The number of nitrogens with one attached hydrogen (secondary N) is 1. The topological polar surface area (TPSA) is 77.2 Å². The van der Waals surface area contributed by atoms with E-state index in [0.29, 0.717) is 30.2 Å². The minimum absolute atomic E-state index is 0.170. The second-order valence-electron chi connectivity index (χ2n) is 6.11. The van der Waals surface area contributed by atoms with Gasteiger partial charge in [-0.25, -0.2) is 9.37 Å². The minimum atomic E-state index is -0.790. The molecule has 5 nitrogen and oxygen atoms in total. The number of amides is 1. The molecule has 126 valence electrons. The van der Waals surface area contributed by atoms with E-state index in [-0.39, 0.29) is 11.7 Å². The second-order valence-corrected chi connectivity index (χ2v) is 6.11. The summed E-state index contributed by atoms with van der Waals surface area (Å²) < 4.78 is 18.4. The second kappa shape index (κ2) is 6.97. The van der Waals surface area contributed by atoms with Gasteiger partial charge in [-0.15, -0.1) is 0 Å². The van der Waals surface area contributed by atoms with Gasteiger partial charge in [-0.2, -0.15) is 0 Å². The Balaban J connectivity index is 1.62. The average Bonchev–Trinajstić information content (AvgIpc) is 2.59. The van der Waals surface area contributed by atoms with Gasteiger partial charge in [0.05, 0.1) is 17.4 Å². The van der Waals surface area contributed by atoms with Crippen molar-refractivity contribution in [3.05, 3.63) is 48.4 Å². The smallest absolute Gasteiger partial charge is 0.244 e. The Morgan fingerprint density at radius 2 is 1.83 bits per heavy atom. The van der Waals surface area contributed by atoms with Gasteiger partial charge in [-0.05, 0) is 43.2 Å². The van der Waals surface area contributed by atoms with Crippen molar-refractivity contribution in [1.29, 1.82) is 0 Å². The zero-order valence-corrected chi connectivity index (χ0v) is 13.3. The number of benzene rings is 1. The summed E-state index contributed by atoms with van der Waals surface area (Å²) in [6.07, 6.45) is 6.02. The van der Waals surface area contributed by atoms with Crippen molar-refractivity contribution >= 4 is 11.6 Å². The highest BCUT2D eigenvalue weighted by Gasteiger charge is 2.35. The first-order valence-electron chi connectivity index (χ1n) is 8.05. The fraction of sp³-hybridized carbons (Fsp3) is 0.333. The highest BCUT2D eigenvalue weighted by Crippen LogP contribution is 2.27. The molecule has 1 aromatic heterocycles. The van der Waals surface area contributed by atoms with Gasteiger partial charge in [0.1, 0.15) is 11.6 Å². The number of carbonyl (C=O) groups is 1. The van der Waals surface area contributed by atoms with E-state index in [1.165, 1.54) is 30.5 Å². The maximum atomic E-state index is 12.9. The molecule has 0 bridgehead atoms. The minimum Gasteiger partial charge on any atom is -0.439 e. The number of pyridine rings is 1. The Bertz CT molecular complexity index is 695. The molecule has 0 radical (unpaired) electrons. The Morgan fingerprint density at radius 3 is 2.46 bits per heavy atom. The highest BCUT2D eigenvalue weighted by molar-refractivity contribution is 5.97. The van der Waals surface area contributed by atoms with Crippen molar-refractivity contribution in [2.45, 2.75) is 37.6 Å². The molecule has 1 amide bonds. The maximum Gasteiger partial charge on any atom is 0.244 e. The van der Waals surface area contributed by atoms with Crippen LogP contribution >= 0.6 is 0 Å². The molecule has 1 heterocycles. The molecule has 1 fully saturated rings. The molecule has 1 aliphatic carbocycles. The lowest BCUT2D eigenvalue weighted by atomic mass is 9.82. The first kappa shape index (κ1) is 16.4. The maximum absolute atomic E-state index is 12.9. The van der Waals surface area contributed by atoms with Gasteiger partial charge in [-0.3, -0.25) is 4.79 Å². The molecule has 6 heteroatoms. The first-order valence-corrected chi connectivity index (χ1v) is 8.05. The van der Waals surface area contributed by atoms with Crippen LogP contribution in [0.2, 0.25) is 0 Å². The molecule has 2 aromatic rings. The molecule has 0 unspecified atom stereocenters. The van der Waals surface area contributed by atoms with Crippen LogP contribution in [0.25, 0.3) is 0 Å². The van der Waals surface area contributed by atoms with Gasteiger partial charge >= 0.3 is 0 Å². The molecular formula is C18H20FN3O2. The van der Waals surface area contributed by atoms with Crippen LogP contribution in [0.5, 0.6) is 11.6 Å². The van der Waals surface area contributed by atoms with E-state index in [4.69, 9.17) is 10.5 Å². The number of aromatic nitrogens is 1. The summed E-state index contributed by atoms with van der Waals surface area (Å²) in [6, 6.07) is 9.02. The average molecular weight is 329 g/mol. The van der Waals surface area contributed by atoms with Gasteiger partial charge in [0.2, 0.25) is 11.8 Å². The zero-order valence-electron chi connectivity index (χ0n) is 13.3. The van der Waals surface area contributed by atoms with Crippen LogP contribution in [-0.4, -0.2) is 16.4 Å². The molecular weight excluding hydrogens is 309 g/mol. The zero-order chi connectivity index (χ0) is 17.0. The van der Waals surface area contributed by atoms with Crippen molar-refractivity contribution in [3.63, 3.8) is 0 Å². The van der Waals surface area contributed by atoms with Gasteiger partial charge in [0.15, 0.2) is 0 Å². The molecule has 0 saturated heterocycles. The Hall–Kier alpha value is -2.47. The summed E-state index contributed by atoms with van der Waals surface area (Å²) in [7, 11) is 0. The van der Waals surface area contributed by atoms with Crippen molar-refractivity contribution in [2.24, 2.45) is 5.73 Å². The summed E-state index contributed by atoms with van der Waals surface area (Å²) in [5.74, 6) is 0.353. The largest absolute Gasteiger partial charge is 0.439 e. The highest BCUT2D eigenvalue weighted by atomic mass is 19.1. The number of hydrogen-bond donors (Lipinski definition) is 2. The third kappa shape index (κ3) is 3.89. The number of carbonyl (C=O) groups excluding carboxylic acids is 1. The van der Waals surface area contributed by atoms with Crippen LogP contribution in [0.3, 0.4) is 0 Å². The molecule has 24 heavy (non-hydrogen) atoms. The van der Waals surface area contributed by atoms with Gasteiger partial charge < -0.3 is 15.8 Å². The standard InChI is InChI=1S/C18H20FN3O2/c19-13-4-7-15(8-5-13)24-16-9-6-14(12-21-16)22-17(23)18(20)10-2-1-3-11-18/h4-9,12H,1-3,10-11,20H2,(H,22,23). The molecule has 1 aromatic carbocycles. The number of ether oxygens (including phenoxy) is 1. The lowest BCUT2D eigenvalue weighted by Crippen LogP contribution is -2.52. The quantitative estimate of drug-likeness (QED) is 0.898. The molecule has 0 atom stereocenters. The van der Waals surface area contributed by atoms with Crippen LogP contribution in [0.4, 0.5) is 10.1 Å². The third-order valence-electron chi connectivity index (χ3n) is 4.23. The summed E-state index contributed by atoms with van der Waals surface area (Å²) in [5.41, 5.74) is 5.99. The van der Waals surface area contributed by atoms with E-state index in [0.717, 1.165) is 19.3 Å². The number of halogens is 1. The number of anilines is 1. The van der Waals surface area contributed by atoms with Gasteiger partial charge in [0.25, 0.3) is 0 Å². The van der Waals surface area contributed by atoms with Crippen LogP contribution in [-0.2, 0) is 4.79 Å². The number of nitrogens with two attached hydrogens (primary N) is 1. The molecule has 3 N–H and O–H groups in total. The monoisotopic (exact) mass is 329 g/mol. The van der Waals surface area contributed by atoms with E-state index >= 15 is 0 Å². The number of nitrogens with zero attached hydrogens (tertiary/aromatic N) is 1. The van der Waals surface area contributed by atoms with Crippen molar-refractivity contribution in [1.82, 2.24) is 4.98 Å². The van der Waals surface area contributed by atoms with E-state index in [1.54, 1.807) is 12.1 Å². The van der Waals surface area contributed by atoms with E-state index < -0.39 is 5.54 Å². The van der Waals surface area contributed by atoms with E-state index in [2.05, 4.69) is 10.3 Å². The summed E-state index contributed by atoms with van der Waals surface area (Å²) >= 11 is 0. The number of rotatable bonds is 4. The summed E-state index contributed by atoms with van der Waals surface area (Å²) in [6.45, 7) is 0. The first-order chi connectivity index (χ1) is 11.5. The normalized spacial score (nSPS) is 16.4. The Kier molecular flexibility index (Phi) is 4.76. The summed E-state index contributed by atoms with van der Waals surface area (Å²) in [4.78, 5) is 16.5.